The van der Waals surface area contributed by atoms with Gasteiger partial charge in [-0.25, -0.2) is 13.4 Å². The third kappa shape index (κ3) is 3.67. The molecule has 20 heavy (non-hydrogen) atoms. The summed E-state index contributed by atoms with van der Waals surface area (Å²) in [5, 5.41) is 6.57. The molecule has 0 fully saturated rings. The summed E-state index contributed by atoms with van der Waals surface area (Å²) in [4.78, 5) is 4.44. The first-order chi connectivity index (χ1) is 9.17. The van der Waals surface area contributed by atoms with E-state index in [2.05, 4.69) is 30.9 Å². The summed E-state index contributed by atoms with van der Waals surface area (Å²) in [7, 11) is -1.48. The summed E-state index contributed by atoms with van der Waals surface area (Å²) in [6, 6.07) is 1.72. The van der Waals surface area contributed by atoms with Crippen molar-refractivity contribution >= 4 is 21.2 Å². The van der Waals surface area contributed by atoms with E-state index in [4.69, 9.17) is 0 Å². The van der Waals surface area contributed by atoms with Gasteiger partial charge >= 0.3 is 0 Å². The molecule has 0 aliphatic heterocycles. The number of hydrogen-bond donors (Lipinski definition) is 0. The highest BCUT2D eigenvalue weighted by Gasteiger charge is 2.21. The van der Waals surface area contributed by atoms with E-state index in [1.165, 1.54) is 11.3 Å². The standard InChI is InChI=1S/C13H19N3O2S2/c1-13(2,3)11-7-19-12(15-11)9-20(17,18)8-10-5-6-14-16(10)4/h5-7H,8-9H2,1-4H3. The first-order valence-electron chi connectivity index (χ1n) is 6.29. The van der Waals surface area contributed by atoms with Gasteiger partial charge in [0.05, 0.1) is 17.1 Å². The molecule has 0 atom stereocenters. The summed E-state index contributed by atoms with van der Waals surface area (Å²) in [5.74, 6) is -0.0210. The van der Waals surface area contributed by atoms with Crippen LogP contribution >= 0.6 is 11.3 Å². The molecule has 0 unspecified atom stereocenters. The minimum atomic E-state index is -3.23. The number of rotatable bonds is 4. The molecular weight excluding hydrogens is 294 g/mol. The van der Waals surface area contributed by atoms with Gasteiger partial charge in [0.25, 0.3) is 0 Å². The molecule has 110 valence electrons. The number of aromatic nitrogens is 3. The first kappa shape index (κ1) is 15.2. The predicted octanol–water partition coefficient (Wildman–Crippen LogP) is 2.29. The van der Waals surface area contributed by atoms with Crippen molar-refractivity contribution in [2.24, 2.45) is 7.05 Å². The van der Waals surface area contributed by atoms with Crippen LogP contribution in [0.2, 0.25) is 0 Å². The Kier molecular flexibility index (Phi) is 4.02. The normalized spacial score (nSPS) is 12.8. The van der Waals surface area contributed by atoms with Gasteiger partial charge in [-0.3, -0.25) is 4.68 Å². The minimum absolute atomic E-state index is 0.00602. The monoisotopic (exact) mass is 313 g/mol. The molecule has 0 saturated carbocycles. The Balaban J connectivity index is 2.13. The Morgan fingerprint density at radius 2 is 2.00 bits per heavy atom. The number of nitrogens with zero attached hydrogens (tertiary/aromatic N) is 3. The van der Waals surface area contributed by atoms with E-state index in [1.54, 1.807) is 24.0 Å². The summed E-state index contributed by atoms with van der Waals surface area (Å²) in [6.07, 6.45) is 1.60. The van der Waals surface area contributed by atoms with Crippen LogP contribution in [0.25, 0.3) is 0 Å². The molecule has 2 rings (SSSR count). The summed E-state index contributed by atoms with van der Waals surface area (Å²) in [6.45, 7) is 6.20. The molecular formula is C13H19N3O2S2. The summed E-state index contributed by atoms with van der Waals surface area (Å²) < 4.78 is 26.0. The van der Waals surface area contributed by atoms with Gasteiger partial charge in [-0.2, -0.15) is 5.10 Å². The van der Waals surface area contributed by atoms with Crippen molar-refractivity contribution < 1.29 is 8.42 Å². The SMILES string of the molecule is Cn1nccc1CS(=O)(=O)Cc1nc(C(C)(C)C)cs1. The number of aryl methyl sites for hydroxylation is 1. The lowest BCUT2D eigenvalue weighted by atomic mass is 9.93. The molecule has 5 nitrogen and oxygen atoms in total. The zero-order valence-electron chi connectivity index (χ0n) is 12.1. The zero-order chi connectivity index (χ0) is 15.0. The maximum absolute atomic E-state index is 12.2. The lowest BCUT2D eigenvalue weighted by Gasteiger charge is -2.14. The predicted molar refractivity (Wildman–Crippen MR) is 80.3 cm³/mol. The molecule has 0 aliphatic carbocycles. The topological polar surface area (TPSA) is 64.8 Å². The summed E-state index contributed by atoms with van der Waals surface area (Å²) >= 11 is 1.41. The molecule has 2 heterocycles. The van der Waals surface area contributed by atoms with E-state index in [0.717, 1.165) is 5.69 Å². The van der Waals surface area contributed by atoms with Gasteiger partial charge in [0.15, 0.2) is 9.84 Å². The number of hydrogen-bond acceptors (Lipinski definition) is 5. The maximum Gasteiger partial charge on any atom is 0.162 e. The van der Waals surface area contributed by atoms with Crippen LogP contribution in [0.1, 0.15) is 37.2 Å². The second kappa shape index (κ2) is 5.29. The highest BCUT2D eigenvalue weighted by molar-refractivity contribution is 7.89. The van der Waals surface area contributed by atoms with Crippen LogP contribution in [0.3, 0.4) is 0 Å². The van der Waals surface area contributed by atoms with E-state index in [-0.39, 0.29) is 16.9 Å². The molecule has 0 spiro atoms. The van der Waals surface area contributed by atoms with Crippen molar-refractivity contribution in [3.63, 3.8) is 0 Å². The Bertz CT molecular complexity index is 693. The van der Waals surface area contributed by atoms with E-state index in [0.29, 0.717) is 10.7 Å². The van der Waals surface area contributed by atoms with Gasteiger partial charge < -0.3 is 0 Å². The number of thiazole rings is 1. The van der Waals surface area contributed by atoms with E-state index < -0.39 is 9.84 Å². The van der Waals surface area contributed by atoms with Crippen molar-refractivity contribution in [3.05, 3.63) is 34.0 Å². The molecule has 7 heteroatoms. The van der Waals surface area contributed by atoms with Crippen LogP contribution in [0.5, 0.6) is 0 Å². The van der Waals surface area contributed by atoms with E-state index >= 15 is 0 Å². The Morgan fingerprint density at radius 3 is 2.50 bits per heavy atom. The average Bonchev–Trinajstić information content (AvgIpc) is 2.87. The second-order valence-corrected chi connectivity index (χ2v) is 8.86. The molecule has 0 saturated heterocycles. The van der Waals surface area contributed by atoms with Gasteiger partial charge in [0.2, 0.25) is 0 Å². The molecule has 0 amide bonds. The molecule has 0 N–H and O–H groups in total. The van der Waals surface area contributed by atoms with Crippen LogP contribution in [0.4, 0.5) is 0 Å². The Hall–Kier alpha value is -1.21. The zero-order valence-corrected chi connectivity index (χ0v) is 13.8. The van der Waals surface area contributed by atoms with E-state index in [9.17, 15) is 8.42 Å². The largest absolute Gasteiger partial charge is 0.272 e. The van der Waals surface area contributed by atoms with Crippen LogP contribution in [0.15, 0.2) is 17.6 Å². The van der Waals surface area contributed by atoms with Crippen molar-refractivity contribution in [2.45, 2.75) is 37.7 Å². The number of sulfone groups is 1. The van der Waals surface area contributed by atoms with Gasteiger partial charge in [-0.15, -0.1) is 11.3 Å². The van der Waals surface area contributed by atoms with Gasteiger partial charge in [0, 0.05) is 24.0 Å². The highest BCUT2D eigenvalue weighted by atomic mass is 32.2. The first-order valence-corrected chi connectivity index (χ1v) is 9.00. The molecule has 2 aromatic rings. The Labute approximate surface area is 123 Å². The smallest absolute Gasteiger partial charge is 0.162 e. The van der Waals surface area contributed by atoms with Crippen molar-refractivity contribution in [2.75, 3.05) is 0 Å². The van der Waals surface area contributed by atoms with Crippen molar-refractivity contribution in [1.29, 1.82) is 0 Å². The van der Waals surface area contributed by atoms with E-state index in [1.807, 2.05) is 5.38 Å². The quantitative estimate of drug-likeness (QED) is 0.868. The molecule has 0 radical (unpaired) electrons. The van der Waals surface area contributed by atoms with Crippen LogP contribution in [-0.2, 0) is 33.8 Å². The van der Waals surface area contributed by atoms with Crippen molar-refractivity contribution in [3.8, 4) is 0 Å². The van der Waals surface area contributed by atoms with Crippen molar-refractivity contribution in [1.82, 2.24) is 14.8 Å². The van der Waals surface area contributed by atoms with Crippen LogP contribution in [0, 0.1) is 0 Å². The fourth-order valence-corrected chi connectivity index (χ4v) is 4.62. The lowest BCUT2D eigenvalue weighted by molar-refractivity contribution is 0.570. The fourth-order valence-electron chi connectivity index (χ4n) is 1.73. The average molecular weight is 313 g/mol. The molecule has 0 aliphatic rings. The highest BCUT2D eigenvalue weighted by Crippen LogP contribution is 2.25. The lowest BCUT2D eigenvalue weighted by Crippen LogP contribution is -2.13. The van der Waals surface area contributed by atoms with Gasteiger partial charge in [-0.1, -0.05) is 20.8 Å². The second-order valence-electron chi connectivity index (χ2n) is 5.85. The minimum Gasteiger partial charge on any atom is -0.272 e. The van der Waals surface area contributed by atoms with Crippen LogP contribution in [-0.4, -0.2) is 23.2 Å². The Morgan fingerprint density at radius 1 is 1.30 bits per heavy atom. The third-order valence-corrected chi connectivity index (χ3v) is 5.43. The summed E-state index contributed by atoms with van der Waals surface area (Å²) in [5.41, 5.74) is 1.58. The maximum atomic E-state index is 12.2. The van der Waals surface area contributed by atoms with Gasteiger partial charge in [-0.05, 0) is 6.07 Å². The fraction of sp³-hybridized carbons (Fsp3) is 0.538. The molecule has 0 bridgehead atoms. The van der Waals surface area contributed by atoms with Gasteiger partial charge in [0.1, 0.15) is 10.8 Å². The molecule has 0 aromatic carbocycles. The van der Waals surface area contributed by atoms with Crippen LogP contribution < -0.4 is 0 Å². The third-order valence-electron chi connectivity index (χ3n) is 2.95. The molecule has 2 aromatic heterocycles.